The molecule has 128 valence electrons. The summed E-state index contributed by atoms with van der Waals surface area (Å²) in [5.41, 5.74) is 0.414. The van der Waals surface area contributed by atoms with Crippen LogP contribution in [0.15, 0.2) is 47.4 Å². The quantitative estimate of drug-likeness (QED) is 0.821. The number of carbonyl (C=O) groups excluding carboxylic acids is 1. The average Bonchev–Trinajstić information content (AvgIpc) is 2.50. The van der Waals surface area contributed by atoms with Crippen LogP contribution in [-0.2, 0) is 14.8 Å². The summed E-state index contributed by atoms with van der Waals surface area (Å²) >= 11 is 11.7. The Bertz CT molecular complexity index is 854. The van der Waals surface area contributed by atoms with Crippen LogP contribution < -0.4 is 15.2 Å². The number of rotatable bonds is 5. The molecule has 0 aliphatic heterocycles. The second kappa shape index (κ2) is 7.40. The number of primary sulfonamides is 1. The Hall–Kier alpha value is -1.80. The fourth-order valence-electron chi connectivity index (χ4n) is 1.78. The maximum Gasteiger partial charge on any atom is 0.265 e. The average molecular weight is 389 g/mol. The van der Waals surface area contributed by atoms with Crippen LogP contribution in [0.3, 0.4) is 0 Å². The molecule has 0 fully saturated rings. The summed E-state index contributed by atoms with van der Waals surface area (Å²) in [6.45, 7) is 1.57. The summed E-state index contributed by atoms with van der Waals surface area (Å²) in [5.74, 6) is -0.0129. The van der Waals surface area contributed by atoms with Crippen LogP contribution in [0, 0.1) is 0 Å². The van der Waals surface area contributed by atoms with E-state index in [1.807, 2.05) is 0 Å². The minimum atomic E-state index is -3.77. The number of sulfonamides is 1. The zero-order valence-electron chi connectivity index (χ0n) is 12.5. The van der Waals surface area contributed by atoms with Gasteiger partial charge in [-0.1, -0.05) is 23.2 Å². The van der Waals surface area contributed by atoms with Gasteiger partial charge in [-0.25, -0.2) is 13.6 Å². The van der Waals surface area contributed by atoms with E-state index in [-0.39, 0.29) is 4.90 Å². The van der Waals surface area contributed by atoms with E-state index in [1.165, 1.54) is 30.3 Å². The van der Waals surface area contributed by atoms with E-state index in [2.05, 4.69) is 5.32 Å². The highest BCUT2D eigenvalue weighted by Crippen LogP contribution is 2.27. The van der Waals surface area contributed by atoms with Crippen molar-refractivity contribution in [3.8, 4) is 5.75 Å². The summed E-state index contributed by atoms with van der Waals surface area (Å²) in [6, 6.07) is 10.1. The first-order chi connectivity index (χ1) is 11.2. The summed E-state index contributed by atoms with van der Waals surface area (Å²) in [4.78, 5) is 12.1. The highest BCUT2D eigenvalue weighted by atomic mass is 35.5. The standard InChI is InChI=1S/C15H14Cl2N2O4S/c1-9(23-11-4-7-13(16)14(17)8-11)15(20)19-10-2-5-12(6-3-10)24(18,21)22/h2-9H,1H3,(H,19,20)(H2,18,21,22)/t9-/m0/s1. The van der Waals surface area contributed by atoms with Crippen molar-refractivity contribution in [3.63, 3.8) is 0 Å². The predicted octanol–water partition coefficient (Wildman–Crippen LogP) is 3.05. The Kier molecular flexibility index (Phi) is 5.71. The number of carbonyl (C=O) groups is 1. The lowest BCUT2D eigenvalue weighted by atomic mass is 10.3. The van der Waals surface area contributed by atoms with Crippen LogP contribution in [0.1, 0.15) is 6.92 Å². The molecular formula is C15H14Cl2N2O4S. The van der Waals surface area contributed by atoms with E-state index in [0.717, 1.165) is 0 Å². The molecule has 0 aliphatic carbocycles. The summed E-state index contributed by atoms with van der Waals surface area (Å²) in [6.07, 6.45) is -0.805. The number of halogens is 2. The Balaban J connectivity index is 2.02. The maximum absolute atomic E-state index is 12.1. The first kappa shape index (κ1) is 18.5. The summed E-state index contributed by atoms with van der Waals surface area (Å²) < 4.78 is 27.9. The monoisotopic (exact) mass is 388 g/mol. The highest BCUT2D eigenvalue weighted by Gasteiger charge is 2.16. The minimum absolute atomic E-state index is 0.0411. The molecule has 0 aliphatic rings. The van der Waals surface area contributed by atoms with Gasteiger partial charge in [0.15, 0.2) is 6.10 Å². The van der Waals surface area contributed by atoms with E-state index in [1.54, 1.807) is 19.1 Å². The molecular weight excluding hydrogens is 375 g/mol. The molecule has 0 saturated carbocycles. The third-order valence-electron chi connectivity index (χ3n) is 3.02. The van der Waals surface area contributed by atoms with Crippen molar-refractivity contribution in [2.24, 2.45) is 5.14 Å². The highest BCUT2D eigenvalue weighted by molar-refractivity contribution is 7.89. The fraction of sp³-hybridized carbons (Fsp3) is 0.133. The predicted molar refractivity (Wildman–Crippen MR) is 93.0 cm³/mol. The number of benzene rings is 2. The number of hydrogen-bond donors (Lipinski definition) is 2. The number of nitrogens with two attached hydrogens (primary N) is 1. The third kappa shape index (κ3) is 4.85. The van der Waals surface area contributed by atoms with Crippen LogP contribution >= 0.6 is 23.2 Å². The third-order valence-corrected chi connectivity index (χ3v) is 4.69. The van der Waals surface area contributed by atoms with Gasteiger partial charge in [0.1, 0.15) is 5.75 Å². The minimum Gasteiger partial charge on any atom is -0.481 e. The van der Waals surface area contributed by atoms with Gasteiger partial charge in [0.2, 0.25) is 10.0 Å². The molecule has 3 N–H and O–H groups in total. The largest absolute Gasteiger partial charge is 0.481 e. The second-order valence-corrected chi connectivity index (χ2v) is 7.27. The van der Waals surface area contributed by atoms with Crippen molar-refractivity contribution < 1.29 is 17.9 Å². The molecule has 2 aromatic carbocycles. The molecule has 0 unspecified atom stereocenters. The topological polar surface area (TPSA) is 98.5 Å². The molecule has 24 heavy (non-hydrogen) atoms. The van der Waals surface area contributed by atoms with Crippen molar-refractivity contribution in [1.82, 2.24) is 0 Å². The second-order valence-electron chi connectivity index (χ2n) is 4.89. The summed E-state index contributed by atoms with van der Waals surface area (Å²) in [7, 11) is -3.77. The molecule has 1 amide bonds. The van der Waals surface area contributed by atoms with Gasteiger partial charge < -0.3 is 10.1 Å². The molecule has 0 aromatic heterocycles. The number of nitrogens with one attached hydrogen (secondary N) is 1. The molecule has 0 saturated heterocycles. The Morgan fingerprint density at radius 2 is 1.75 bits per heavy atom. The Morgan fingerprint density at radius 3 is 2.29 bits per heavy atom. The number of anilines is 1. The van der Waals surface area contributed by atoms with E-state index >= 15 is 0 Å². The van der Waals surface area contributed by atoms with E-state index in [4.69, 9.17) is 33.1 Å². The van der Waals surface area contributed by atoms with Crippen molar-refractivity contribution in [1.29, 1.82) is 0 Å². The van der Waals surface area contributed by atoms with Crippen molar-refractivity contribution >= 4 is 44.8 Å². The Morgan fingerprint density at radius 1 is 1.12 bits per heavy atom. The van der Waals surface area contributed by atoms with Crippen LogP contribution in [0.2, 0.25) is 10.0 Å². The lowest BCUT2D eigenvalue weighted by Gasteiger charge is -2.15. The number of ether oxygens (including phenoxy) is 1. The van der Waals surface area contributed by atoms with Crippen LogP contribution in [-0.4, -0.2) is 20.4 Å². The van der Waals surface area contributed by atoms with Crippen LogP contribution in [0.4, 0.5) is 5.69 Å². The molecule has 2 aromatic rings. The lowest BCUT2D eigenvalue weighted by molar-refractivity contribution is -0.122. The normalized spacial score (nSPS) is 12.5. The summed E-state index contributed by atoms with van der Waals surface area (Å²) in [5, 5.41) is 8.32. The molecule has 1 atom stereocenters. The zero-order valence-corrected chi connectivity index (χ0v) is 14.8. The molecule has 6 nitrogen and oxygen atoms in total. The fourth-order valence-corrected chi connectivity index (χ4v) is 2.58. The van der Waals surface area contributed by atoms with Gasteiger partial charge in [-0.05, 0) is 43.3 Å². The van der Waals surface area contributed by atoms with Gasteiger partial charge in [-0.2, -0.15) is 0 Å². The maximum atomic E-state index is 12.1. The zero-order chi connectivity index (χ0) is 17.9. The van der Waals surface area contributed by atoms with Crippen LogP contribution in [0.25, 0.3) is 0 Å². The van der Waals surface area contributed by atoms with E-state index in [0.29, 0.717) is 21.5 Å². The molecule has 0 radical (unpaired) electrons. The van der Waals surface area contributed by atoms with Crippen molar-refractivity contribution in [2.75, 3.05) is 5.32 Å². The van der Waals surface area contributed by atoms with Gasteiger partial charge in [0.05, 0.1) is 14.9 Å². The molecule has 2 rings (SSSR count). The SMILES string of the molecule is C[C@H](Oc1ccc(Cl)c(Cl)c1)C(=O)Nc1ccc(S(N)(=O)=O)cc1. The number of amides is 1. The lowest BCUT2D eigenvalue weighted by Crippen LogP contribution is -2.30. The van der Waals surface area contributed by atoms with Gasteiger partial charge in [-0.3, -0.25) is 4.79 Å². The molecule has 9 heteroatoms. The number of hydrogen-bond acceptors (Lipinski definition) is 4. The van der Waals surface area contributed by atoms with Gasteiger partial charge in [0.25, 0.3) is 5.91 Å². The first-order valence-electron chi connectivity index (χ1n) is 6.72. The Labute approximate surface area is 149 Å². The van der Waals surface area contributed by atoms with Crippen LogP contribution in [0.5, 0.6) is 5.75 Å². The first-order valence-corrected chi connectivity index (χ1v) is 9.02. The van der Waals surface area contributed by atoms with Gasteiger partial charge >= 0.3 is 0 Å². The van der Waals surface area contributed by atoms with Crippen molar-refractivity contribution in [3.05, 3.63) is 52.5 Å². The van der Waals surface area contributed by atoms with E-state index < -0.39 is 22.0 Å². The molecule has 0 spiro atoms. The molecule has 0 bridgehead atoms. The molecule has 0 heterocycles. The van der Waals surface area contributed by atoms with Gasteiger partial charge in [-0.15, -0.1) is 0 Å². The van der Waals surface area contributed by atoms with Gasteiger partial charge in [0, 0.05) is 11.8 Å². The van der Waals surface area contributed by atoms with E-state index in [9.17, 15) is 13.2 Å². The van der Waals surface area contributed by atoms with Crippen molar-refractivity contribution in [2.45, 2.75) is 17.9 Å². The smallest absolute Gasteiger partial charge is 0.265 e.